The zero-order valence-corrected chi connectivity index (χ0v) is 16.6. The molecule has 0 fully saturated rings. The first kappa shape index (κ1) is 19.4. The van der Waals surface area contributed by atoms with Gasteiger partial charge in [-0.15, -0.1) is 10.2 Å². The zero-order chi connectivity index (χ0) is 18.9. The Balaban J connectivity index is 1.98. The fourth-order valence-electron chi connectivity index (χ4n) is 2.30. The summed E-state index contributed by atoms with van der Waals surface area (Å²) in [6, 6.07) is 7.19. The zero-order valence-electron chi connectivity index (χ0n) is 12.8. The summed E-state index contributed by atoms with van der Waals surface area (Å²) in [5.74, 6) is -0.343. The lowest BCUT2D eigenvalue weighted by molar-refractivity contribution is 0.404. The SMILES string of the molecule is O=S(=O)(C[C@H](Cn1nc(Cl)nc1Cl)n1nc(Cl)nc1Cl)c1ccccc1. The summed E-state index contributed by atoms with van der Waals surface area (Å²) in [5, 5.41) is 7.64. The van der Waals surface area contributed by atoms with Crippen LogP contribution < -0.4 is 0 Å². The van der Waals surface area contributed by atoms with Crippen molar-refractivity contribution in [1.29, 1.82) is 0 Å². The summed E-state index contributed by atoms with van der Waals surface area (Å²) < 4.78 is 28.0. The maximum absolute atomic E-state index is 12.8. The van der Waals surface area contributed by atoms with Gasteiger partial charge in [-0.05, 0) is 58.5 Å². The van der Waals surface area contributed by atoms with Crippen LogP contribution in [0.3, 0.4) is 0 Å². The molecule has 26 heavy (non-hydrogen) atoms. The van der Waals surface area contributed by atoms with E-state index in [1.165, 1.54) is 21.5 Å². The molecule has 0 radical (unpaired) electrons. The number of rotatable bonds is 6. The summed E-state index contributed by atoms with van der Waals surface area (Å²) >= 11 is 23.5. The van der Waals surface area contributed by atoms with Crippen LogP contribution in [-0.4, -0.2) is 43.7 Å². The predicted molar refractivity (Wildman–Crippen MR) is 97.6 cm³/mol. The number of hydrogen-bond donors (Lipinski definition) is 0. The van der Waals surface area contributed by atoms with Gasteiger partial charge in [-0.2, -0.15) is 9.97 Å². The molecule has 0 saturated heterocycles. The third kappa shape index (κ3) is 4.29. The minimum atomic E-state index is -3.67. The van der Waals surface area contributed by atoms with Gasteiger partial charge in [-0.3, -0.25) is 0 Å². The molecule has 1 aromatic carbocycles. The number of aromatic nitrogens is 6. The molecule has 3 rings (SSSR count). The highest BCUT2D eigenvalue weighted by atomic mass is 35.5. The minimum absolute atomic E-state index is 0.000515. The Bertz CT molecular complexity index is 1020. The summed E-state index contributed by atoms with van der Waals surface area (Å²) in [5.41, 5.74) is 0. The molecule has 13 heteroatoms. The molecule has 0 unspecified atom stereocenters. The second kappa shape index (κ2) is 7.69. The van der Waals surface area contributed by atoms with Crippen LogP contribution in [-0.2, 0) is 16.4 Å². The third-order valence-corrected chi connectivity index (χ3v) is 6.08. The molecule has 1 atom stereocenters. The van der Waals surface area contributed by atoms with E-state index in [-0.39, 0.29) is 38.3 Å². The van der Waals surface area contributed by atoms with E-state index in [1.54, 1.807) is 18.2 Å². The molecular formula is C13H10Cl4N6O2S. The Labute approximate surface area is 168 Å². The molecule has 0 aliphatic heterocycles. The number of hydrogen-bond acceptors (Lipinski definition) is 6. The van der Waals surface area contributed by atoms with Gasteiger partial charge in [0.25, 0.3) is 0 Å². The number of sulfone groups is 1. The fourth-order valence-corrected chi connectivity index (χ4v) is 4.68. The van der Waals surface area contributed by atoms with Crippen molar-refractivity contribution < 1.29 is 8.42 Å². The average Bonchev–Trinajstić information content (AvgIpc) is 3.08. The van der Waals surface area contributed by atoms with E-state index < -0.39 is 15.9 Å². The first-order chi connectivity index (χ1) is 12.3. The maximum atomic E-state index is 12.8. The standard InChI is InChI=1S/C13H10Cl4N6O2S/c14-10-18-12(16)22(20-10)6-8(23-13(17)19-11(15)21-23)7-26(24,25)9-4-2-1-3-5-9/h1-5,8H,6-7H2/t8-/m0/s1. The van der Waals surface area contributed by atoms with Gasteiger partial charge in [0, 0.05) is 0 Å². The second-order valence-electron chi connectivity index (χ2n) is 5.17. The van der Waals surface area contributed by atoms with E-state index in [9.17, 15) is 8.42 Å². The van der Waals surface area contributed by atoms with Crippen LogP contribution in [0.25, 0.3) is 0 Å². The topological polar surface area (TPSA) is 95.6 Å². The molecule has 0 aliphatic rings. The van der Waals surface area contributed by atoms with Crippen LogP contribution in [0.4, 0.5) is 0 Å². The smallest absolute Gasteiger partial charge is 0.233 e. The molecule has 0 bridgehead atoms. The van der Waals surface area contributed by atoms with Crippen LogP contribution in [0.5, 0.6) is 0 Å². The highest BCUT2D eigenvalue weighted by molar-refractivity contribution is 7.91. The van der Waals surface area contributed by atoms with Gasteiger partial charge >= 0.3 is 0 Å². The first-order valence-electron chi connectivity index (χ1n) is 7.07. The molecule has 3 aromatic rings. The lowest BCUT2D eigenvalue weighted by Crippen LogP contribution is -2.26. The first-order valence-corrected chi connectivity index (χ1v) is 10.2. The lowest BCUT2D eigenvalue weighted by atomic mass is 10.3. The van der Waals surface area contributed by atoms with Crippen LogP contribution in [0.15, 0.2) is 35.2 Å². The van der Waals surface area contributed by atoms with Crippen LogP contribution in [0.1, 0.15) is 6.04 Å². The summed E-state index contributed by atoms with van der Waals surface area (Å²) in [6.45, 7) is -0.00990. The third-order valence-electron chi connectivity index (χ3n) is 3.41. The fraction of sp³-hybridized carbons (Fsp3) is 0.231. The number of benzene rings is 1. The minimum Gasteiger partial charge on any atom is -0.233 e. The van der Waals surface area contributed by atoms with Crippen molar-refractivity contribution in [1.82, 2.24) is 29.5 Å². The Hall–Kier alpha value is -1.39. The van der Waals surface area contributed by atoms with E-state index in [0.29, 0.717) is 0 Å². The van der Waals surface area contributed by atoms with Crippen molar-refractivity contribution in [3.05, 3.63) is 51.5 Å². The van der Waals surface area contributed by atoms with Crippen molar-refractivity contribution in [3.63, 3.8) is 0 Å². The molecule has 0 spiro atoms. The molecule has 0 amide bonds. The Morgan fingerprint density at radius 1 is 0.923 bits per heavy atom. The van der Waals surface area contributed by atoms with Gasteiger partial charge in [-0.1, -0.05) is 18.2 Å². The molecule has 2 heterocycles. The van der Waals surface area contributed by atoms with Crippen LogP contribution >= 0.6 is 46.4 Å². The lowest BCUT2D eigenvalue weighted by Gasteiger charge is -2.18. The van der Waals surface area contributed by atoms with Gasteiger partial charge in [0.15, 0.2) is 9.84 Å². The molecule has 2 aromatic heterocycles. The molecular weight excluding hydrogens is 446 g/mol. The van der Waals surface area contributed by atoms with Gasteiger partial charge < -0.3 is 0 Å². The summed E-state index contributed by atoms with van der Waals surface area (Å²) in [6.07, 6.45) is 0. The van der Waals surface area contributed by atoms with E-state index >= 15 is 0 Å². The molecule has 0 saturated carbocycles. The van der Waals surface area contributed by atoms with Gasteiger partial charge in [-0.25, -0.2) is 17.8 Å². The van der Waals surface area contributed by atoms with Crippen LogP contribution in [0.2, 0.25) is 21.1 Å². The van der Waals surface area contributed by atoms with E-state index in [2.05, 4.69) is 20.2 Å². The van der Waals surface area contributed by atoms with Gasteiger partial charge in [0.05, 0.1) is 23.2 Å². The van der Waals surface area contributed by atoms with Gasteiger partial charge in [0.1, 0.15) is 0 Å². The van der Waals surface area contributed by atoms with Crippen molar-refractivity contribution in [2.75, 3.05) is 5.75 Å². The van der Waals surface area contributed by atoms with E-state index in [1.807, 2.05) is 0 Å². The van der Waals surface area contributed by atoms with Crippen LogP contribution in [0, 0.1) is 0 Å². The predicted octanol–water partition coefficient (Wildman–Crippen LogP) is 3.20. The van der Waals surface area contributed by atoms with E-state index in [4.69, 9.17) is 46.4 Å². The molecule has 0 N–H and O–H groups in total. The second-order valence-corrected chi connectivity index (χ2v) is 8.56. The monoisotopic (exact) mass is 454 g/mol. The molecule has 8 nitrogen and oxygen atoms in total. The molecule has 138 valence electrons. The highest BCUT2D eigenvalue weighted by Gasteiger charge is 2.27. The van der Waals surface area contributed by atoms with Gasteiger partial charge in [0.2, 0.25) is 21.1 Å². The Kier molecular flexibility index (Phi) is 5.73. The largest absolute Gasteiger partial charge is 0.243 e. The summed E-state index contributed by atoms with van der Waals surface area (Å²) in [4.78, 5) is 7.72. The van der Waals surface area contributed by atoms with E-state index in [0.717, 1.165) is 0 Å². The maximum Gasteiger partial charge on any atom is 0.243 e. The Morgan fingerprint density at radius 3 is 2.08 bits per heavy atom. The number of nitrogens with zero attached hydrogens (tertiary/aromatic N) is 6. The number of halogens is 4. The molecule has 0 aliphatic carbocycles. The summed E-state index contributed by atoms with van der Waals surface area (Å²) in [7, 11) is -3.67. The van der Waals surface area contributed by atoms with Crippen molar-refractivity contribution >= 4 is 56.2 Å². The van der Waals surface area contributed by atoms with Crippen molar-refractivity contribution in [2.24, 2.45) is 0 Å². The van der Waals surface area contributed by atoms with Crippen molar-refractivity contribution in [3.8, 4) is 0 Å². The van der Waals surface area contributed by atoms with Crippen molar-refractivity contribution in [2.45, 2.75) is 17.5 Å². The highest BCUT2D eigenvalue weighted by Crippen LogP contribution is 2.24. The quantitative estimate of drug-likeness (QED) is 0.566. The average molecular weight is 456 g/mol. The Morgan fingerprint density at radius 2 is 1.54 bits per heavy atom. The normalized spacial score (nSPS) is 13.1.